The monoisotopic (exact) mass is 210 g/mol. The molecule has 1 aromatic rings. The summed E-state index contributed by atoms with van der Waals surface area (Å²) in [7, 11) is 0. The summed E-state index contributed by atoms with van der Waals surface area (Å²) in [5.74, 6) is 0. The highest BCUT2D eigenvalue weighted by Crippen LogP contribution is 2.28. The molecule has 1 heterocycles. The first-order valence-corrected chi connectivity index (χ1v) is 5.43. The molecule has 0 aliphatic carbocycles. The molecule has 0 aromatic heterocycles. The minimum absolute atomic E-state index is 0.418. The predicted molar refractivity (Wildman–Crippen MR) is 60.5 cm³/mol. The van der Waals surface area contributed by atoms with Gasteiger partial charge in [-0.1, -0.05) is 24.1 Å². The minimum atomic E-state index is 0.418. The second-order valence-corrected chi connectivity index (χ2v) is 4.21. The van der Waals surface area contributed by atoms with Crippen LogP contribution in [0.3, 0.4) is 0 Å². The fraction of sp³-hybridized carbons (Fsp3) is 0.455. The van der Waals surface area contributed by atoms with E-state index in [1.54, 1.807) is 0 Å². The van der Waals surface area contributed by atoms with Gasteiger partial charge in [0.15, 0.2) is 0 Å². The molecular formula is C11H15ClN2. The van der Waals surface area contributed by atoms with Crippen LogP contribution in [0.15, 0.2) is 18.2 Å². The molecule has 3 N–H and O–H groups in total. The fourth-order valence-corrected chi connectivity index (χ4v) is 2.16. The quantitative estimate of drug-likeness (QED) is 0.700. The molecule has 0 unspecified atom stereocenters. The Morgan fingerprint density at radius 2 is 2.21 bits per heavy atom. The molecule has 1 saturated heterocycles. The van der Waals surface area contributed by atoms with E-state index >= 15 is 0 Å². The van der Waals surface area contributed by atoms with E-state index in [2.05, 4.69) is 5.32 Å². The van der Waals surface area contributed by atoms with E-state index in [0.29, 0.717) is 11.1 Å². The Hall–Kier alpha value is -0.730. The van der Waals surface area contributed by atoms with Gasteiger partial charge in [0.1, 0.15) is 0 Å². The van der Waals surface area contributed by atoms with Crippen LogP contribution in [-0.2, 0) is 0 Å². The zero-order valence-electron chi connectivity index (χ0n) is 8.09. The van der Waals surface area contributed by atoms with Crippen molar-refractivity contribution in [2.45, 2.75) is 25.3 Å². The Morgan fingerprint density at radius 3 is 2.86 bits per heavy atom. The Morgan fingerprint density at radius 1 is 1.36 bits per heavy atom. The smallest absolute Gasteiger partial charge is 0.0426 e. The van der Waals surface area contributed by atoms with Gasteiger partial charge in [-0.25, -0.2) is 0 Å². The molecule has 0 saturated carbocycles. The predicted octanol–water partition coefficient (Wildman–Crippen LogP) is 2.74. The lowest BCUT2D eigenvalue weighted by Crippen LogP contribution is -2.27. The summed E-state index contributed by atoms with van der Waals surface area (Å²) >= 11 is 5.86. The third-order valence-corrected chi connectivity index (χ3v) is 2.97. The maximum absolute atomic E-state index is 5.93. The first-order chi connectivity index (χ1) is 6.77. The van der Waals surface area contributed by atoms with E-state index in [0.717, 1.165) is 12.2 Å². The number of benzene rings is 1. The molecule has 0 amide bonds. The highest BCUT2D eigenvalue weighted by Gasteiger charge is 2.16. The van der Waals surface area contributed by atoms with Crippen molar-refractivity contribution < 1.29 is 0 Å². The summed E-state index contributed by atoms with van der Waals surface area (Å²) in [6, 6.07) is 6.18. The van der Waals surface area contributed by atoms with Crippen LogP contribution in [0.4, 0.5) is 5.69 Å². The molecule has 1 aliphatic heterocycles. The van der Waals surface area contributed by atoms with Crippen molar-refractivity contribution in [2.75, 3.05) is 12.3 Å². The van der Waals surface area contributed by atoms with Crippen molar-refractivity contribution >= 4 is 17.3 Å². The number of halogens is 1. The molecule has 1 fully saturated rings. The SMILES string of the molecule is Nc1cc(Cl)ccc1[C@H]1CCCCN1. The second kappa shape index (κ2) is 4.20. The highest BCUT2D eigenvalue weighted by atomic mass is 35.5. The Labute approximate surface area is 89.4 Å². The summed E-state index contributed by atoms with van der Waals surface area (Å²) in [6.07, 6.45) is 3.72. The van der Waals surface area contributed by atoms with Crippen LogP contribution in [0, 0.1) is 0 Å². The molecule has 2 rings (SSSR count). The van der Waals surface area contributed by atoms with Crippen LogP contribution in [-0.4, -0.2) is 6.54 Å². The third kappa shape index (κ3) is 2.02. The molecule has 76 valence electrons. The van der Waals surface area contributed by atoms with E-state index < -0.39 is 0 Å². The van der Waals surface area contributed by atoms with Gasteiger partial charge in [0.05, 0.1) is 0 Å². The van der Waals surface area contributed by atoms with Gasteiger partial charge in [0, 0.05) is 16.8 Å². The van der Waals surface area contributed by atoms with Crippen molar-refractivity contribution in [3.63, 3.8) is 0 Å². The van der Waals surface area contributed by atoms with Gasteiger partial charge in [-0.3, -0.25) is 0 Å². The zero-order chi connectivity index (χ0) is 9.97. The van der Waals surface area contributed by atoms with Gasteiger partial charge >= 0.3 is 0 Å². The number of anilines is 1. The Kier molecular flexibility index (Phi) is 2.94. The number of nitrogen functional groups attached to an aromatic ring is 1. The lowest BCUT2D eigenvalue weighted by molar-refractivity contribution is 0.413. The number of nitrogens with one attached hydrogen (secondary N) is 1. The lowest BCUT2D eigenvalue weighted by atomic mass is 9.96. The maximum atomic E-state index is 5.93. The van der Waals surface area contributed by atoms with Crippen LogP contribution in [0.1, 0.15) is 30.9 Å². The molecule has 0 radical (unpaired) electrons. The molecule has 0 bridgehead atoms. The van der Waals surface area contributed by atoms with Gasteiger partial charge in [-0.05, 0) is 37.1 Å². The summed E-state index contributed by atoms with van der Waals surface area (Å²) < 4.78 is 0. The van der Waals surface area contributed by atoms with Gasteiger partial charge < -0.3 is 11.1 Å². The summed E-state index contributed by atoms with van der Waals surface area (Å²) in [6.45, 7) is 1.09. The summed E-state index contributed by atoms with van der Waals surface area (Å²) in [5, 5.41) is 4.18. The molecule has 0 spiro atoms. The second-order valence-electron chi connectivity index (χ2n) is 3.78. The Bertz CT molecular complexity index is 319. The first-order valence-electron chi connectivity index (χ1n) is 5.05. The van der Waals surface area contributed by atoms with Crippen LogP contribution in [0.2, 0.25) is 5.02 Å². The number of nitrogens with two attached hydrogens (primary N) is 1. The lowest BCUT2D eigenvalue weighted by Gasteiger charge is -2.25. The molecular weight excluding hydrogens is 196 g/mol. The molecule has 3 heteroatoms. The average Bonchev–Trinajstić information content (AvgIpc) is 2.19. The summed E-state index contributed by atoms with van der Waals surface area (Å²) in [4.78, 5) is 0. The molecule has 2 nitrogen and oxygen atoms in total. The van der Waals surface area contributed by atoms with Crippen LogP contribution in [0.25, 0.3) is 0 Å². The maximum Gasteiger partial charge on any atom is 0.0426 e. The Balaban J connectivity index is 2.22. The first kappa shape index (κ1) is 9.81. The van der Waals surface area contributed by atoms with E-state index in [9.17, 15) is 0 Å². The van der Waals surface area contributed by atoms with Crippen molar-refractivity contribution in [2.24, 2.45) is 0 Å². The van der Waals surface area contributed by atoms with Crippen molar-refractivity contribution in [1.29, 1.82) is 0 Å². The zero-order valence-corrected chi connectivity index (χ0v) is 8.85. The van der Waals surface area contributed by atoms with Crippen LogP contribution in [0.5, 0.6) is 0 Å². The third-order valence-electron chi connectivity index (χ3n) is 2.73. The summed E-state index contributed by atoms with van der Waals surface area (Å²) in [5.41, 5.74) is 7.92. The standard InChI is InChI=1S/C11H15ClN2/c12-8-4-5-9(10(13)7-8)11-3-1-2-6-14-11/h4-5,7,11,14H,1-3,6,13H2/t11-/m1/s1. The van der Waals surface area contributed by atoms with E-state index in [1.165, 1.54) is 24.8 Å². The van der Waals surface area contributed by atoms with E-state index in [4.69, 9.17) is 17.3 Å². The van der Waals surface area contributed by atoms with E-state index in [1.807, 2.05) is 18.2 Å². The topological polar surface area (TPSA) is 38.0 Å². The van der Waals surface area contributed by atoms with Gasteiger partial charge in [-0.2, -0.15) is 0 Å². The fourth-order valence-electron chi connectivity index (χ4n) is 1.98. The number of hydrogen-bond donors (Lipinski definition) is 2. The van der Waals surface area contributed by atoms with Crippen LogP contribution >= 0.6 is 11.6 Å². The molecule has 1 aromatic carbocycles. The van der Waals surface area contributed by atoms with Crippen LogP contribution < -0.4 is 11.1 Å². The molecule has 1 aliphatic rings. The van der Waals surface area contributed by atoms with Crippen molar-refractivity contribution in [1.82, 2.24) is 5.32 Å². The molecule has 14 heavy (non-hydrogen) atoms. The highest BCUT2D eigenvalue weighted by molar-refractivity contribution is 6.30. The van der Waals surface area contributed by atoms with Crippen molar-refractivity contribution in [3.8, 4) is 0 Å². The average molecular weight is 211 g/mol. The number of hydrogen-bond acceptors (Lipinski definition) is 2. The van der Waals surface area contributed by atoms with Crippen molar-refractivity contribution in [3.05, 3.63) is 28.8 Å². The number of rotatable bonds is 1. The molecule has 1 atom stereocenters. The normalized spacial score (nSPS) is 22.2. The van der Waals surface area contributed by atoms with Gasteiger partial charge in [0.25, 0.3) is 0 Å². The van der Waals surface area contributed by atoms with Gasteiger partial charge in [-0.15, -0.1) is 0 Å². The number of piperidine rings is 1. The van der Waals surface area contributed by atoms with E-state index in [-0.39, 0.29) is 0 Å². The largest absolute Gasteiger partial charge is 0.398 e. The minimum Gasteiger partial charge on any atom is -0.398 e. The van der Waals surface area contributed by atoms with Gasteiger partial charge in [0.2, 0.25) is 0 Å².